The third-order valence-corrected chi connectivity index (χ3v) is 6.17. The monoisotopic (exact) mass is 397 g/mol. The van der Waals surface area contributed by atoms with Crippen LogP contribution in [0, 0.1) is 0 Å². The lowest BCUT2D eigenvalue weighted by Gasteiger charge is -2.33. The van der Waals surface area contributed by atoms with Gasteiger partial charge in [-0.3, -0.25) is 23.9 Å². The SMILES string of the molecule is O=C1CCC(N2Cc3c(O[S+](=O)([O-])N4CC(F)C4)cccc3C2=O)C(=O)N1. The Morgan fingerprint density at radius 3 is 2.67 bits per heavy atom. The lowest BCUT2D eigenvalue weighted by atomic mass is 10.0. The molecule has 0 bridgehead atoms. The van der Waals surface area contributed by atoms with Gasteiger partial charge in [0.25, 0.3) is 5.91 Å². The first kappa shape index (κ1) is 18.0. The Morgan fingerprint density at radius 1 is 1.26 bits per heavy atom. The number of piperidine rings is 1. The van der Waals surface area contributed by atoms with Gasteiger partial charge >= 0.3 is 10.7 Å². The van der Waals surface area contributed by atoms with E-state index in [1.807, 2.05) is 0 Å². The molecule has 3 amide bonds. The maximum absolute atomic E-state index is 13.0. The van der Waals surface area contributed by atoms with Gasteiger partial charge in [0.2, 0.25) is 11.8 Å². The van der Waals surface area contributed by atoms with Crippen LogP contribution < -0.4 is 9.50 Å². The Balaban J connectivity index is 1.57. The molecule has 3 aliphatic heterocycles. The van der Waals surface area contributed by atoms with Crippen LogP contribution in [-0.2, 0) is 31.0 Å². The highest BCUT2D eigenvalue weighted by Crippen LogP contribution is 2.35. The molecule has 1 aromatic rings. The largest absolute Gasteiger partial charge is 0.559 e. The Hall–Kier alpha value is -2.37. The molecular weight excluding hydrogens is 381 g/mol. The lowest BCUT2D eigenvalue weighted by molar-refractivity contribution is -0.136. The number of hydrogen-bond donors (Lipinski definition) is 1. The second kappa shape index (κ2) is 6.36. The van der Waals surface area contributed by atoms with Crippen LogP contribution in [-0.4, -0.2) is 56.8 Å². The fourth-order valence-electron chi connectivity index (χ4n) is 3.37. The molecule has 0 saturated carbocycles. The van der Waals surface area contributed by atoms with E-state index in [1.54, 1.807) is 0 Å². The van der Waals surface area contributed by atoms with Gasteiger partial charge in [0.05, 0.1) is 19.6 Å². The van der Waals surface area contributed by atoms with Crippen molar-refractivity contribution in [2.75, 3.05) is 13.1 Å². The van der Waals surface area contributed by atoms with Gasteiger partial charge in [-0.15, -0.1) is 0 Å². The minimum absolute atomic E-state index is 0.0160. The maximum atomic E-state index is 13.0. The number of nitrogens with one attached hydrogen (secondary N) is 1. The topological polar surface area (TPSA) is 119 Å². The Bertz CT molecular complexity index is 887. The van der Waals surface area contributed by atoms with Crippen molar-refractivity contribution in [1.82, 2.24) is 14.5 Å². The van der Waals surface area contributed by atoms with Crippen molar-refractivity contribution in [3.63, 3.8) is 0 Å². The molecule has 3 aliphatic rings. The van der Waals surface area contributed by atoms with E-state index in [4.69, 9.17) is 4.18 Å². The van der Waals surface area contributed by atoms with Gasteiger partial charge in [0, 0.05) is 17.5 Å². The van der Waals surface area contributed by atoms with Crippen LogP contribution in [0.3, 0.4) is 0 Å². The zero-order valence-corrected chi connectivity index (χ0v) is 14.9. The number of alkyl halides is 1. The van der Waals surface area contributed by atoms with E-state index in [0.29, 0.717) is 5.56 Å². The van der Waals surface area contributed by atoms with E-state index < -0.39 is 40.6 Å². The molecule has 2 unspecified atom stereocenters. The summed E-state index contributed by atoms with van der Waals surface area (Å²) in [6, 6.07) is 3.59. The highest BCUT2D eigenvalue weighted by molar-refractivity contribution is 7.91. The fraction of sp³-hybridized carbons (Fsp3) is 0.438. The molecule has 0 aromatic heterocycles. The predicted octanol–water partition coefficient (Wildman–Crippen LogP) is -0.0600. The molecule has 0 radical (unpaired) electrons. The van der Waals surface area contributed by atoms with Crippen LogP contribution in [0.4, 0.5) is 4.39 Å². The summed E-state index contributed by atoms with van der Waals surface area (Å²) in [6.45, 7) is -0.546. The summed E-state index contributed by atoms with van der Waals surface area (Å²) < 4.78 is 43.4. The predicted molar refractivity (Wildman–Crippen MR) is 88.4 cm³/mol. The molecule has 2 atom stereocenters. The van der Waals surface area contributed by atoms with Crippen molar-refractivity contribution in [3.05, 3.63) is 29.3 Å². The molecule has 27 heavy (non-hydrogen) atoms. The molecule has 11 heteroatoms. The molecular formula is C16H16FN3O6S. The summed E-state index contributed by atoms with van der Waals surface area (Å²) in [5.74, 6) is -1.42. The molecule has 1 aromatic carbocycles. The number of imide groups is 1. The van der Waals surface area contributed by atoms with E-state index in [1.165, 1.54) is 23.1 Å². The second-order valence-corrected chi connectivity index (χ2v) is 8.18. The van der Waals surface area contributed by atoms with Crippen molar-refractivity contribution in [2.45, 2.75) is 31.6 Å². The zero-order chi connectivity index (χ0) is 19.3. The first-order valence-corrected chi connectivity index (χ1v) is 9.73. The summed E-state index contributed by atoms with van der Waals surface area (Å²) in [6.07, 6.45) is -0.896. The van der Waals surface area contributed by atoms with Gasteiger partial charge < -0.3 is 9.45 Å². The molecule has 3 heterocycles. The van der Waals surface area contributed by atoms with Crippen LogP contribution in [0.1, 0.15) is 28.8 Å². The van der Waals surface area contributed by atoms with Gasteiger partial charge in [-0.2, -0.15) is 0 Å². The highest BCUT2D eigenvalue weighted by atomic mass is 32.3. The molecule has 2 fully saturated rings. The molecule has 2 saturated heterocycles. The first-order chi connectivity index (χ1) is 12.8. The van der Waals surface area contributed by atoms with Crippen LogP contribution in [0.15, 0.2) is 18.2 Å². The Labute approximate surface area is 155 Å². The van der Waals surface area contributed by atoms with E-state index in [9.17, 15) is 27.5 Å². The van der Waals surface area contributed by atoms with E-state index in [-0.39, 0.29) is 43.8 Å². The number of hydrogen-bond acceptors (Lipinski definition) is 6. The van der Waals surface area contributed by atoms with Gasteiger partial charge in [-0.1, -0.05) is 10.4 Å². The van der Waals surface area contributed by atoms with Gasteiger partial charge in [0.1, 0.15) is 12.2 Å². The van der Waals surface area contributed by atoms with Crippen molar-refractivity contribution < 1.29 is 31.7 Å². The summed E-state index contributed by atoms with van der Waals surface area (Å²) in [7, 11) is -4.17. The van der Waals surface area contributed by atoms with Gasteiger partial charge in [-0.25, -0.2) is 4.39 Å². The number of rotatable bonds is 4. The van der Waals surface area contributed by atoms with Gasteiger partial charge in [0.15, 0.2) is 5.75 Å². The minimum Gasteiger partial charge on any atom is -0.559 e. The number of halogens is 1. The number of benzene rings is 1. The number of carbonyl (C=O) groups excluding carboxylic acids is 3. The normalized spacial score (nSPS) is 25.6. The molecule has 9 nitrogen and oxygen atoms in total. The second-order valence-electron chi connectivity index (χ2n) is 6.64. The minimum atomic E-state index is -4.17. The average molecular weight is 397 g/mol. The smallest absolute Gasteiger partial charge is 0.316 e. The summed E-state index contributed by atoms with van der Waals surface area (Å²) in [5, 5.41) is 2.20. The molecule has 0 aliphatic carbocycles. The zero-order valence-electron chi connectivity index (χ0n) is 14.1. The third-order valence-electron chi connectivity index (χ3n) is 4.85. The number of carbonyl (C=O) groups is 3. The van der Waals surface area contributed by atoms with E-state index in [2.05, 4.69) is 5.32 Å². The fourth-order valence-corrected chi connectivity index (χ4v) is 4.55. The maximum Gasteiger partial charge on any atom is 0.316 e. The van der Waals surface area contributed by atoms with Crippen LogP contribution in [0.2, 0.25) is 0 Å². The van der Waals surface area contributed by atoms with E-state index in [0.717, 1.165) is 4.31 Å². The van der Waals surface area contributed by atoms with Crippen LogP contribution in [0.5, 0.6) is 5.75 Å². The summed E-state index contributed by atoms with van der Waals surface area (Å²) in [4.78, 5) is 37.4. The molecule has 0 spiro atoms. The standard InChI is InChI=1S/C16H16FN3O6S/c17-9-6-19(7-9)27(24,25)26-13-3-1-2-10-11(13)8-20(16(10)23)12-4-5-14(21)18-15(12)22/h1-3,9,12H,4-8H2,(H-,18,21,22,24,25). The summed E-state index contributed by atoms with van der Waals surface area (Å²) in [5.41, 5.74) is 0.576. The quantitative estimate of drug-likeness (QED) is 0.562. The number of amides is 3. The van der Waals surface area contributed by atoms with Crippen molar-refractivity contribution in [2.24, 2.45) is 0 Å². The number of fused-ring (bicyclic) bond motifs is 1. The summed E-state index contributed by atoms with van der Waals surface area (Å²) >= 11 is 0. The van der Waals surface area contributed by atoms with Crippen molar-refractivity contribution in [1.29, 1.82) is 0 Å². The molecule has 1 N–H and O–H groups in total. The lowest BCUT2D eigenvalue weighted by Crippen LogP contribution is -2.55. The van der Waals surface area contributed by atoms with Crippen molar-refractivity contribution in [3.8, 4) is 5.75 Å². The Kier molecular flexibility index (Phi) is 4.24. The van der Waals surface area contributed by atoms with Crippen molar-refractivity contribution >= 4 is 28.4 Å². The molecule has 4 rings (SSSR count). The Morgan fingerprint density at radius 2 is 2.00 bits per heavy atom. The highest BCUT2D eigenvalue weighted by Gasteiger charge is 2.45. The number of nitrogens with zero attached hydrogens (tertiary/aromatic N) is 2. The van der Waals surface area contributed by atoms with Crippen LogP contribution >= 0.6 is 0 Å². The van der Waals surface area contributed by atoms with Crippen LogP contribution in [0.25, 0.3) is 0 Å². The third kappa shape index (κ3) is 3.11. The molecule has 144 valence electrons. The first-order valence-electron chi connectivity index (χ1n) is 8.36. The average Bonchev–Trinajstić information content (AvgIpc) is 2.90. The van der Waals surface area contributed by atoms with Gasteiger partial charge in [-0.05, 0) is 22.8 Å². The van der Waals surface area contributed by atoms with E-state index >= 15 is 0 Å².